The molecular weight excluding hydrogens is 194 g/mol. The number of aliphatic carboxylic acids is 1. The predicted octanol–water partition coefficient (Wildman–Crippen LogP) is 1.47. The minimum absolute atomic E-state index is 0.0346. The largest absolute Gasteiger partial charge is 0.481 e. The fraction of sp³-hybridized carbons (Fsp3) is 0.636. The number of hydrogen-bond acceptors (Lipinski definition) is 2. The van der Waals surface area contributed by atoms with Crippen molar-refractivity contribution >= 4 is 11.9 Å². The van der Waals surface area contributed by atoms with Gasteiger partial charge in [-0.3, -0.25) is 9.59 Å². The predicted molar refractivity (Wildman–Crippen MR) is 56.4 cm³/mol. The SMILES string of the molecule is C=CCCC(=O)NC1(CC(=O)O)CCC1. The van der Waals surface area contributed by atoms with Crippen LogP contribution in [0.5, 0.6) is 0 Å². The maximum Gasteiger partial charge on any atom is 0.305 e. The Labute approximate surface area is 89.4 Å². The highest BCUT2D eigenvalue weighted by molar-refractivity contribution is 5.78. The molecule has 0 aromatic carbocycles. The number of nitrogens with one attached hydrogen (secondary N) is 1. The Hall–Kier alpha value is -1.32. The molecular formula is C11H17NO3. The Balaban J connectivity index is 2.42. The molecule has 1 fully saturated rings. The second-order valence-corrected chi connectivity index (χ2v) is 4.08. The van der Waals surface area contributed by atoms with Gasteiger partial charge in [0.2, 0.25) is 5.91 Å². The maximum absolute atomic E-state index is 11.4. The summed E-state index contributed by atoms with van der Waals surface area (Å²) in [6, 6.07) is 0. The molecule has 1 rings (SSSR count). The molecule has 0 aliphatic heterocycles. The first-order valence-corrected chi connectivity index (χ1v) is 5.22. The Morgan fingerprint density at radius 2 is 2.13 bits per heavy atom. The van der Waals surface area contributed by atoms with Crippen LogP contribution in [-0.2, 0) is 9.59 Å². The lowest BCUT2D eigenvalue weighted by Crippen LogP contribution is -2.54. The van der Waals surface area contributed by atoms with Gasteiger partial charge in [-0.1, -0.05) is 6.08 Å². The summed E-state index contributed by atoms with van der Waals surface area (Å²) >= 11 is 0. The highest BCUT2D eigenvalue weighted by Crippen LogP contribution is 2.34. The molecule has 2 N–H and O–H groups in total. The third-order valence-electron chi connectivity index (χ3n) is 2.78. The molecule has 4 heteroatoms. The molecule has 0 spiro atoms. The van der Waals surface area contributed by atoms with E-state index in [1.54, 1.807) is 6.08 Å². The summed E-state index contributed by atoms with van der Waals surface area (Å²) in [5.41, 5.74) is -0.468. The van der Waals surface area contributed by atoms with E-state index in [0.29, 0.717) is 12.8 Å². The van der Waals surface area contributed by atoms with Gasteiger partial charge in [0.05, 0.1) is 12.0 Å². The van der Waals surface area contributed by atoms with Crippen molar-refractivity contribution in [3.05, 3.63) is 12.7 Å². The highest BCUT2D eigenvalue weighted by atomic mass is 16.4. The van der Waals surface area contributed by atoms with E-state index in [1.165, 1.54) is 0 Å². The fourth-order valence-electron chi connectivity index (χ4n) is 1.83. The fourth-order valence-corrected chi connectivity index (χ4v) is 1.83. The molecule has 1 aliphatic rings. The number of amides is 1. The van der Waals surface area contributed by atoms with Gasteiger partial charge in [0.15, 0.2) is 0 Å². The van der Waals surface area contributed by atoms with Crippen molar-refractivity contribution in [3.63, 3.8) is 0 Å². The van der Waals surface area contributed by atoms with E-state index < -0.39 is 11.5 Å². The lowest BCUT2D eigenvalue weighted by molar-refractivity contribution is -0.140. The number of carboxylic acids is 1. The topological polar surface area (TPSA) is 66.4 Å². The Morgan fingerprint density at radius 1 is 1.47 bits per heavy atom. The monoisotopic (exact) mass is 211 g/mol. The zero-order valence-electron chi connectivity index (χ0n) is 8.79. The number of carboxylic acid groups (broad SMARTS) is 1. The van der Waals surface area contributed by atoms with Crippen LogP contribution in [-0.4, -0.2) is 22.5 Å². The van der Waals surface area contributed by atoms with Crippen molar-refractivity contribution in [1.29, 1.82) is 0 Å². The third kappa shape index (κ3) is 3.38. The average molecular weight is 211 g/mol. The summed E-state index contributed by atoms with van der Waals surface area (Å²) in [7, 11) is 0. The van der Waals surface area contributed by atoms with Crippen molar-refractivity contribution in [1.82, 2.24) is 5.32 Å². The zero-order valence-corrected chi connectivity index (χ0v) is 8.79. The van der Waals surface area contributed by atoms with Crippen molar-refractivity contribution in [2.45, 2.75) is 44.1 Å². The summed E-state index contributed by atoms with van der Waals surface area (Å²) < 4.78 is 0. The first kappa shape index (κ1) is 11.8. The molecule has 0 aromatic rings. The molecule has 84 valence electrons. The van der Waals surface area contributed by atoms with Gasteiger partial charge in [-0.2, -0.15) is 0 Å². The Kier molecular flexibility index (Phi) is 3.88. The van der Waals surface area contributed by atoms with Crippen LogP contribution in [0.4, 0.5) is 0 Å². The van der Waals surface area contributed by atoms with E-state index in [1.807, 2.05) is 0 Å². The number of carbonyl (C=O) groups excluding carboxylic acids is 1. The highest BCUT2D eigenvalue weighted by Gasteiger charge is 2.39. The molecule has 1 saturated carbocycles. The van der Waals surface area contributed by atoms with Gasteiger partial charge in [0, 0.05) is 6.42 Å². The first-order chi connectivity index (χ1) is 7.08. The van der Waals surface area contributed by atoms with Crippen LogP contribution in [0.3, 0.4) is 0 Å². The number of rotatable bonds is 6. The van der Waals surface area contributed by atoms with E-state index in [4.69, 9.17) is 5.11 Å². The van der Waals surface area contributed by atoms with Gasteiger partial charge in [-0.05, 0) is 25.7 Å². The molecule has 1 aliphatic carbocycles. The molecule has 4 nitrogen and oxygen atoms in total. The molecule has 0 unspecified atom stereocenters. The van der Waals surface area contributed by atoms with E-state index in [0.717, 1.165) is 19.3 Å². The van der Waals surface area contributed by atoms with E-state index >= 15 is 0 Å². The van der Waals surface area contributed by atoms with Crippen LogP contribution in [0.25, 0.3) is 0 Å². The van der Waals surface area contributed by atoms with Crippen LogP contribution >= 0.6 is 0 Å². The van der Waals surface area contributed by atoms with Gasteiger partial charge in [-0.15, -0.1) is 6.58 Å². The van der Waals surface area contributed by atoms with Gasteiger partial charge < -0.3 is 10.4 Å². The molecule has 15 heavy (non-hydrogen) atoms. The van der Waals surface area contributed by atoms with Crippen molar-refractivity contribution < 1.29 is 14.7 Å². The number of carbonyl (C=O) groups is 2. The zero-order chi connectivity index (χ0) is 11.3. The smallest absolute Gasteiger partial charge is 0.305 e. The van der Waals surface area contributed by atoms with Gasteiger partial charge in [0.25, 0.3) is 0 Å². The second kappa shape index (κ2) is 4.96. The summed E-state index contributed by atoms with van der Waals surface area (Å²) in [5.74, 6) is -0.922. The maximum atomic E-state index is 11.4. The Morgan fingerprint density at radius 3 is 2.53 bits per heavy atom. The quantitative estimate of drug-likeness (QED) is 0.654. The lowest BCUT2D eigenvalue weighted by atomic mass is 9.74. The van der Waals surface area contributed by atoms with E-state index in [2.05, 4.69) is 11.9 Å². The third-order valence-corrected chi connectivity index (χ3v) is 2.78. The van der Waals surface area contributed by atoms with Gasteiger partial charge in [-0.25, -0.2) is 0 Å². The van der Waals surface area contributed by atoms with Gasteiger partial charge in [0.1, 0.15) is 0 Å². The van der Waals surface area contributed by atoms with Crippen LogP contribution in [0, 0.1) is 0 Å². The van der Waals surface area contributed by atoms with Crippen LogP contribution in [0.1, 0.15) is 38.5 Å². The molecule has 0 heterocycles. The molecule has 0 bridgehead atoms. The van der Waals surface area contributed by atoms with Crippen molar-refractivity contribution in [2.75, 3.05) is 0 Å². The van der Waals surface area contributed by atoms with E-state index in [9.17, 15) is 9.59 Å². The minimum atomic E-state index is -0.848. The summed E-state index contributed by atoms with van der Waals surface area (Å²) in [6.45, 7) is 3.54. The second-order valence-electron chi connectivity index (χ2n) is 4.08. The summed E-state index contributed by atoms with van der Waals surface area (Å²) in [4.78, 5) is 22.1. The van der Waals surface area contributed by atoms with Crippen LogP contribution in [0.2, 0.25) is 0 Å². The van der Waals surface area contributed by atoms with E-state index in [-0.39, 0.29) is 12.3 Å². The van der Waals surface area contributed by atoms with Gasteiger partial charge >= 0.3 is 5.97 Å². The Bertz CT molecular complexity index is 269. The summed E-state index contributed by atoms with van der Waals surface area (Å²) in [6.07, 6.45) is 5.30. The van der Waals surface area contributed by atoms with Crippen LogP contribution < -0.4 is 5.32 Å². The number of hydrogen-bond donors (Lipinski definition) is 2. The first-order valence-electron chi connectivity index (χ1n) is 5.22. The number of allylic oxidation sites excluding steroid dienone is 1. The summed E-state index contributed by atoms with van der Waals surface area (Å²) in [5, 5.41) is 11.6. The molecule has 0 saturated heterocycles. The molecule has 0 aromatic heterocycles. The molecule has 1 amide bonds. The normalized spacial score (nSPS) is 17.6. The molecule has 0 radical (unpaired) electrons. The minimum Gasteiger partial charge on any atom is -0.481 e. The standard InChI is InChI=1S/C11H17NO3/c1-2-3-5-9(13)12-11(6-4-7-11)8-10(14)15/h2H,1,3-8H2,(H,12,13)(H,14,15). The van der Waals surface area contributed by atoms with Crippen LogP contribution in [0.15, 0.2) is 12.7 Å². The molecule has 0 atom stereocenters. The lowest BCUT2D eigenvalue weighted by Gasteiger charge is -2.41. The van der Waals surface area contributed by atoms with Crippen molar-refractivity contribution in [3.8, 4) is 0 Å². The average Bonchev–Trinajstić information content (AvgIpc) is 2.10. The van der Waals surface area contributed by atoms with Crippen molar-refractivity contribution in [2.24, 2.45) is 0 Å².